The third kappa shape index (κ3) is 3.57. The number of carbonyl (C=O) groups excluding carboxylic acids is 1. The first kappa shape index (κ1) is 18.0. The highest BCUT2D eigenvalue weighted by Crippen LogP contribution is 2.34. The molecule has 0 saturated carbocycles. The SMILES string of the molecule is CCCCc1c(-c2ccccc2)c(C(N)=O)c(C)n1Cc1ccccc1. The van der Waals surface area contributed by atoms with E-state index in [4.69, 9.17) is 5.73 Å². The third-order valence-electron chi connectivity index (χ3n) is 4.89. The molecule has 0 aliphatic heterocycles. The predicted octanol–water partition coefficient (Wildman–Crippen LogP) is 4.95. The molecule has 1 amide bonds. The molecule has 3 rings (SSSR count). The molecule has 0 bridgehead atoms. The fourth-order valence-corrected chi connectivity index (χ4v) is 3.60. The summed E-state index contributed by atoms with van der Waals surface area (Å²) in [7, 11) is 0. The quantitative estimate of drug-likeness (QED) is 0.646. The summed E-state index contributed by atoms with van der Waals surface area (Å²) in [5.74, 6) is -0.356. The second kappa shape index (κ2) is 8.05. The van der Waals surface area contributed by atoms with E-state index in [9.17, 15) is 4.79 Å². The standard InChI is InChI=1S/C23H26N2O/c1-3-4-15-20-22(19-13-9-6-10-14-19)21(23(24)26)17(2)25(20)16-18-11-7-5-8-12-18/h5-14H,3-4,15-16H2,1-2H3,(H2,24,26). The van der Waals surface area contributed by atoms with E-state index in [1.165, 1.54) is 11.3 Å². The van der Waals surface area contributed by atoms with Crippen molar-refractivity contribution in [2.75, 3.05) is 0 Å². The Kier molecular flexibility index (Phi) is 5.57. The van der Waals surface area contributed by atoms with E-state index in [1.807, 2.05) is 43.3 Å². The Balaban J connectivity index is 2.21. The van der Waals surface area contributed by atoms with Gasteiger partial charge in [-0.05, 0) is 30.9 Å². The monoisotopic (exact) mass is 346 g/mol. The third-order valence-corrected chi connectivity index (χ3v) is 4.89. The summed E-state index contributed by atoms with van der Waals surface area (Å²) in [5.41, 5.74) is 11.9. The van der Waals surface area contributed by atoms with Crippen LogP contribution >= 0.6 is 0 Å². The van der Waals surface area contributed by atoms with Crippen molar-refractivity contribution in [2.24, 2.45) is 5.73 Å². The lowest BCUT2D eigenvalue weighted by Gasteiger charge is -2.13. The van der Waals surface area contributed by atoms with Crippen LogP contribution in [0.25, 0.3) is 11.1 Å². The van der Waals surface area contributed by atoms with E-state index in [2.05, 4.69) is 35.8 Å². The van der Waals surface area contributed by atoms with Gasteiger partial charge in [-0.15, -0.1) is 0 Å². The van der Waals surface area contributed by atoms with E-state index in [0.717, 1.165) is 42.6 Å². The molecule has 0 aliphatic carbocycles. The number of hydrogen-bond donors (Lipinski definition) is 1. The second-order valence-corrected chi connectivity index (χ2v) is 6.69. The molecule has 2 aromatic carbocycles. The predicted molar refractivity (Wildman–Crippen MR) is 107 cm³/mol. The zero-order valence-electron chi connectivity index (χ0n) is 15.5. The van der Waals surface area contributed by atoms with Crippen LogP contribution in [-0.4, -0.2) is 10.5 Å². The molecule has 0 fully saturated rings. The Labute approximate surface area is 155 Å². The van der Waals surface area contributed by atoms with Crippen molar-refractivity contribution in [1.29, 1.82) is 0 Å². The molecule has 134 valence electrons. The van der Waals surface area contributed by atoms with Gasteiger partial charge in [0.25, 0.3) is 5.91 Å². The number of hydrogen-bond acceptors (Lipinski definition) is 1. The minimum absolute atomic E-state index is 0.356. The Morgan fingerprint density at radius 1 is 1.00 bits per heavy atom. The second-order valence-electron chi connectivity index (χ2n) is 6.69. The van der Waals surface area contributed by atoms with Gasteiger partial charge < -0.3 is 10.3 Å². The number of rotatable bonds is 7. The molecule has 0 saturated heterocycles. The normalized spacial score (nSPS) is 10.8. The van der Waals surface area contributed by atoms with Crippen LogP contribution in [0, 0.1) is 6.92 Å². The van der Waals surface area contributed by atoms with Gasteiger partial charge in [0.05, 0.1) is 5.56 Å². The number of aromatic nitrogens is 1. The summed E-state index contributed by atoms with van der Waals surface area (Å²) < 4.78 is 2.27. The van der Waals surface area contributed by atoms with E-state index in [-0.39, 0.29) is 5.91 Å². The Morgan fingerprint density at radius 2 is 1.62 bits per heavy atom. The highest BCUT2D eigenvalue weighted by molar-refractivity contribution is 6.02. The van der Waals surface area contributed by atoms with Crippen molar-refractivity contribution in [1.82, 2.24) is 4.57 Å². The van der Waals surface area contributed by atoms with Crippen molar-refractivity contribution in [3.05, 3.63) is 83.2 Å². The number of nitrogens with two attached hydrogens (primary N) is 1. The topological polar surface area (TPSA) is 48.0 Å². The summed E-state index contributed by atoms with van der Waals surface area (Å²) in [6.07, 6.45) is 3.12. The van der Waals surface area contributed by atoms with Gasteiger partial charge in [-0.1, -0.05) is 74.0 Å². The molecule has 1 aromatic heterocycles. The number of primary amides is 1. The van der Waals surface area contributed by atoms with Gasteiger partial charge in [0.1, 0.15) is 0 Å². The average molecular weight is 346 g/mol. The van der Waals surface area contributed by atoms with Crippen LogP contribution in [0.2, 0.25) is 0 Å². The Hall–Kier alpha value is -2.81. The van der Waals surface area contributed by atoms with Crippen LogP contribution in [0.15, 0.2) is 60.7 Å². The molecule has 3 nitrogen and oxygen atoms in total. The zero-order chi connectivity index (χ0) is 18.5. The number of nitrogens with zero attached hydrogens (tertiary/aromatic N) is 1. The first-order valence-electron chi connectivity index (χ1n) is 9.24. The van der Waals surface area contributed by atoms with Gasteiger partial charge in [-0.25, -0.2) is 0 Å². The van der Waals surface area contributed by atoms with Crippen molar-refractivity contribution < 1.29 is 4.79 Å². The van der Waals surface area contributed by atoms with Gasteiger partial charge in [-0.2, -0.15) is 0 Å². The Bertz CT molecular complexity index is 880. The molecule has 0 atom stereocenters. The molecule has 3 aromatic rings. The number of unbranched alkanes of at least 4 members (excludes halogenated alkanes) is 1. The molecule has 0 aliphatic rings. The maximum Gasteiger partial charge on any atom is 0.251 e. The van der Waals surface area contributed by atoms with Crippen molar-refractivity contribution in [2.45, 2.75) is 39.7 Å². The van der Waals surface area contributed by atoms with E-state index < -0.39 is 0 Å². The molecule has 2 N–H and O–H groups in total. The number of benzene rings is 2. The Morgan fingerprint density at radius 3 is 2.19 bits per heavy atom. The smallest absolute Gasteiger partial charge is 0.251 e. The van der Waals surface area contributed by atoms with Gasteiger partial charge in [0.2, 0.25) is 0 Å². The van der Waals surface area contributed by atoms with Gasteiger partial charge in [-0.3, -0.25) is 4.79 Å². The number of amides is 1. The van der Waals surface area contributed by atoms with Crippen LogP contribution in [0.4, 0.5) is 0 Å². The van der Waals surface area contributed by atoms with Crippen LogP contribution in [0.1, 0.15) is 47.1 Å². The summed E-state index contributed by atoms with van der Waals surface area (Å²) >= 11 is 0. The van der Waals surface area contributed by atoms with Crippen molar-refractivity contribution in [3.8, 4) is 11.1 Å². The zero-order valence-corrected chi connectivity index (χ0v) is 15.5. The maximum absolute atomic E-state index is 12.3. The maximum atomic E-state index is 12.3. The first-order valence-corrected chi connectivity index (χ1v) is 9.24. The van der Waals surface area contributed by atoms with Gasteiger partial charge in [0, 0.05) is 23.5 Å². The lowest BCUT2D eigenvalue weighted by atomic mass is 9.97. The highest BCUT2D eigenvalue weighted by Gasteiger charge is 2.24. The molecular weight excluding hydrogens is 320 g/mol. The minimum atomic E-state index is -0.356. The number of carbonyl (C=O) groups is 1. The average Bonchev–Trinajstić information content (AvgIpc) is 2.93. The van der Waals surface area contributed by atoms with Crippen LogP contribution < -0.4 is 5.73 Å². The largest absolute Gasteiger partial charge is 0.366 e. The van der Waals surface area contributed by atoms with Crippen molar-refractivity contribution in [3.63, 3.8) is 0 Å². The first-order chi connectivity index (χ1) is 12.6. The van der Waals surface area contributed by atoms with Crippen LogP contribution in [-0.2, 0) is 13.0 Å². The summed E-state index contributed by atoms with van der Waals surface area (Å²) in [6, 6.07) is 20.5. The van der Waals surface area contributed by atoms with Crippen LogP contribution in [0.5, 0.6) is 0 Å². The fourth-order valence-electron chi connectivity index (χ4n) is 3.60. The summed E-state index contributed by atoms with van der Waals surface area (Å²) in [5, 5.41) is 0. The fraction of sp³-hybridized carbons (Fsp3) is 0.261. The molecule has 0 spiro atoms. The van der Waals surface area contributed by atoms with E-state index in [0.29, 0.717) is 5.56 Å². The molecule has 0 radical (unpaired) electrons. The van der Waals surface area contributed by atoms with Crippen molar-refractivity contribution >= 4 is 5.91 Å². The lowest BCUT2D eigenvalue weighted by molar-refractivity contribution is 0.1000. The van der Waals surface area contributed by atoms with Gasteiger partial charge in [0.15, 0.2) is 0 Å². The summed E-state index contributed by atoms with van der Waals surface area (Å²) in [4.78, 5) is 12.3. The lowest BCUT2D eigenvalue weighted by Crippen LogP contribution is -2.13. The molecule has 3 heteroatoms. The van der Waals surface area contributed by atoms with Gasteiger partial charge >= 0.3 is 0 Å². The molecule has 1 heterocycles. The van der Waals surface area contributed by atoms with E-state index >= 15 is 0 Å². The highest BCUT2D eigenvalue weighted by atomic mass is 16.1. The minimum Gasteiger partial charge on any atom is -0.366 e. The molecule has 0 unspecified atom stereocenters. The summed E-state index contributed by atoms with van der Waals surface area (Å²) in [6.45, 7) is 4.94. The molecule has 26 heavy (non-hydrogen) atoms. The molecular formula is C23H26N2O. The van der Waals surface area contributed by atoms with Crippen LogP contribution in [0.3, 0.4) is 0 Å². The van der Waals surface area contributed by atoms with E-state index in [1.54, 1.807) is 0 Å².